The molecule has 0 unspecified atom stereocenters. The minimum atomic E-state index is -0.554. The van der Waals surface area contributed by atoms with Gasteiger partial charge in [0, 0.05) is 13.0 Å². The van der Waals surface area contributed by atoms with Crippen LogP contribution >= 0.6 is 0 Å². The van der Waals surface area contributed by atoms with Gasteiger partial charge in [0.2, 0.25) is 5.91 Å². The molecule has 2 aromatic carbocycles. The highest BCUT2D eigenvalue weighted by molar-refractivity contribution is 5.75. The van der Waals surface area contributed by atoms with E-state index >= 15 is 0 Å². The molecule has 0 aromatic heterocycles. The van der Waals surface area contributed by atoms with Crippen LogP contribution in [-0.4, -0.2) is 55.3 Å². The zero-order valence-electron chi connectivity index (χ0n) is 23.0. The van der Waals surface area contributed by atoms with Gasteiger partial charge in [-0.25, -0.2) is 4.84 Å². The molecule has 1 saturated carbocycles. The Kier molecular flexibility index (Phi) is 13.7. The van der Waals surface area contributed by atoms with Crippen LogP contribution < -0.4 is 5.32 Å². The number of carbonyl (C=O) groups excluding carboxylic acids is 1. The van der Waals surface area contributed by atoms with E-state index in [0.29, 0.717) is 51.5 Å². The fraction of sp³-hybridized carbons (Fsp3) is 0.516. The Hall–Kier alpha value is -2.63. The summed E-state index contributed by atoms with van der Waals surface area (Å²) in [5.41, 5.74) is 2.76. The molecule has 0 bridgehead atoms. The second-order valence-corrected chi connectivity index (χ2v) is 10.6. The largest absolute Gasteiger partial charge is 0.393 e. The summed E-state index contributed by atoms with van der Waals surface area (Å²) in [6.07, 6.45) is 8.13. The smallest absolute Gasteiger partial charge is 0.220 e. The molecule has 3 rings (SSSR count). The summed E-state index contributed by atoms with van der Waals surface area (Å²) in [6.45, 7) is 0.279. The first kappa shape index (κ1) is 31.9. The van der Waals surface area contributed by atoms with Gasteiger partial charge < -0.3 is 20.6 Å². The Morgan fingerprint density at radius 3 is 2.42 bits per heavy atom. The van der Waals surface area contributed by atoms with E-state index in [1.807, 2.05) is 42.5 Å². The highest BCUT2D eigenvalue weighted by Crippen LogP contribution is 2.38. The second-order valence-electron chi connectivity index (χ2n) is 10.6. The summed E-state index contributed by atoms with van der Waals surface area (Å²) in [5, 5.41) is 51.5. The number of hydrogen-bond acceptors (Lipinski definition) is 8. The lowest BCUT2D eigenvalue weighted by atomic mass is 9.85. The number of aryl methyl sites for hydroxylation is 1. The van der Waals surface area contributed by atoms with Crippen LogP contribution in [0.3, 0.4) is 0 Å². The minimum absolute atomic E-state index is 0.0355. The molecular weight excluding hydrogens is 512 g/mol. The van der Waals surface area contributed by atoms with Crippen LogP contribution in [-0.2, 0) is 29.2 Å². The molecule has 0 aliphatic heterocycles. The van der Waals surface area contributed by atoms with Gasteiger partial charge in [-0.1, -0.05) is 66.7 Å². The zero-order valence-corrected chi connectivity index (χ0v) is 23.0. The maximum Gasteiger partial charge on any atom is 0.220 e. The number of unbranched alkanes of at least 4 members (excludes halogenated alkanes) is 1. The number of allylic oxidation sites excluding steroid dienone is 2. The summed E-state index contributed by atoms with van der Waals surface area (Å²) in [4.78, 5) is 16.9. The first-order valence-corrected chi connectivity index (χ1v) is 14.2. The van der Waals surface area contributed by atoms with Crippen molar-refractivity contribution >= 4 is 5.91 Å². The van der Waals surface area contributed by atoms with E-state index in [1.165, 1.54) is 5.56 Å². The van der Waals surface area contributed by atoms with Crippen LogP contribution in [0.15, 0.2) is 66.7 Å². The lowest BCUT2D eigenvalue weighted by molar-refractivity contribution is -0.497. The number of carbonyl (C=O) groups is 1. The number of benzene rings is 2. The Balaban J connectivity index is 1.33. The molecule has 1 aliphatic carbocycles. The van der Waals surface area contributed by atoms with Crippen LogP contribution in [0.25, 0.3) is 0 Å². The van der Waals surface area contributed by atoms with Crippen LogP contribution in [0, 0.1) is 11.8 Å². The Morgan fingerprint density at radius 1 is 0.975 bits per heavy atom. The number of nitrogens with one attached hydrogen (secondary N) is 1. The van der Waals surface area contributed by atoms with Crippen molar-refractivity contribution in [2.45, 2.75) is 89.3 Å². The third-order valence-electron chi connectivity index (χ3n) is 7.74. The topological polar surface area (TPSA) is 143 Å². The van der Waals surface area contributed by atoms with Crippen molar-refractivity contribution in [3.8, 4) is 0 Å². The van der Waals surface area contributed by atoms with Crippen molar-refractivity contribution in [1.29, 1.82) is 0 Å². The van der Waals surface area contributed by atoms with E-state index in [0.717, 1.165) is 24.0 Å². The molecular formula is C31H44N2O7. The first-order chi connectivity index (χ1) is 19.3. The summed E-state index contributed by atoms with van der Waals surface area (Å²) in [5.74, 6) is -0.151. The lowest BCUT2D eigenvalue weighted by Crippen LogP contribution is -2.23. The Morgan fingerprint density at radius 2 is 1.68 bits per heavy atom. The molecule has 220 valence electrons. The highest BCUT2D eigenvalue weighted by atomic mass is 17.1. The van der Waals surface area contributed by atoms with Crippen molar-refractivity contribution in [1.82, 2.24) is 10.7 Å². The van der Waals surface area contributed by atoms with Crippen molar-refractivity contribution in [3.05, 3.63) is 83.4 Å². The molecule has 1 fully saturated rings. The molecule has 9 heteroatoms. The molecule has 1 aliphatic rings. The highest BCUT2D eigenvalue weighted by Gasteiger charge is 2.40. The van der Waals surface area contributed by atoms with Crippen molar-refractivity contribution in [2.24, 2.45) is 11.8 Å². The second kappa shape index (κ2) is 17.2. The molecule has 0 saturated heterocycles. The number of amides is 1. The molecule has 5 atom stereocenters. The van der Waals surface area contributed by atoms with Crippen LogP contribution in [0.1, 0.15) is 68.1 Å². The molecule has 1 amide bonds. The van der Waals surface area contributed by atoms with E-state index in [4.69, 9.17) is 10.4 Å². The Labute approximate surface area is 236 Å². The SMILES string of the molecule is O=C(CCC/C=C\C[C@@H]1[C@@H](CC[C@@H](O)CCc2ccccc2)[C@H](O)C[C@@H]1O)NCc1ccccc1CON(O)O. The average molecular weight is 557 g/mol. The Bertz CT molecular complexity index is 1030. The van der Waals surface area contributed by atoms with Crippen molar-refractivity contribution in [2.75, 3.05) is 0 Å². The average Bonchev–Trinajstić information content (AvgIpc) is 3.22. The number of rotatable bonds is 17. The number of aliphatic hydroxyl groups is 3. The van der Waals surface area contributed by atoms with Crippen LogP contribution in [0.4, 0.5) is 0 Å². The van der Waals surface area contributed by atoms with E-state index < -0.39 is 18.3 Å². The summed E-state index contributed by atoms with van der Waals surface area (Å²) >= 11 is 0. The van der Waals surface area contributed by atoms with Gasteiger partial charge >= 0.3 is 0 Å². The van der Waals surface area contributed by atoms with Crippen LogP contribution in [0.5, 0.6) is 0 Å². The first-order valence-electron chi connectivity index (χ1n) is 14.2. The van der Waals surface area contributed by atoms with Gasteiger partial charge in [-0.3, -0.25) is 15.2 Å². The summed E-state index contributed by atoms with van der Waals surface area (Å²) in [6, 6.07) is 17.4. The third-order valence-corrected chi connectivity index (χ3v) is 7.74. The number of hydrogen-bond donors (Lipinski definition) is 6. The fourth-order valence-corrected chi connectivity index (χ4v) is 5.45. The zero-order chi connectivity index (χ0) is 28.7. The monoisotopic (exact) mass is 556 g/mol. The maximum atomic E-state index is 12.3. The minimum Gasteiger partial charge on any atom is -0.393 e. The van der Waals surface area contributed by atoms with E-state index in [9.17, 15) is 20.1 Å². The molecule has 9 nitrogen and oxygen atoms in total. The molecule has 2 aromatic rings. The van der Waals surface area contributed by atoms with Crippen LogP contribution in [0.2, 0.25) is 0 Å². The lowest BCUT2D eigenvalue weighted by Gasteiger charge is -2.23. The van der Waals surface area contributed by atoms with E-state index in [-0.39, 0.29) is 29.7 Å². The van der Waals surface area contributed by atoms with Crippen molar-refractivity contribution in [3.63, 3.8) is 0 Å². The molecule has 40 heavy (non-hydrogen) atoms. The fourth-order valence-electron chi connectivity index (χ4n) is 5.45. The van der Waals surface area contributed by atoms with Gasteiger partial charge in [0.05, 0.1) is 30.3 Å². The molecule has 0 radical (unpaired) electrons. The van der Waals surface area contributed by atoms with E-state index in [2.05, 4.69) is 22.3 Å². The van der Waals surface area contributed by atoms with Gasteiger partial charge in [-0.2, -0.15) is 0 Å². The van der Waals surface area contributed by atoms with Crippen molar-refractivity contribution < 1.29 is 35.4 Å². The standard InChI is InChI=1S/C31H44N2O7/c34-26(17-16-23-10-4-3-5-11-23)18-19-28-27(29(35)20-30(28)36)14-6-1-2-7-15-31(37)32-21-24-12-8-9-13-25(24)22-40-33(38)39/h1,3-6,8-13,26-30,34-36,38-39H,2,7,14-22H2,(H,32,37)/b6-1-/t26-,27+,28+,29-,30+/m0/s1. The predicted molar refractivity (Wildman–Crippen MR) is 150 cm³/mol. The summed E-state index contributed by atoms with van der Waals surface area (Å²) < 4.78 is 0. The molecule has 0 spiro atoms. The van der Waals surface area contributed by atoms with Gasteiger partial charge in [0.15, 0.2) is 0 Å². The van der Waals surface area contributed by atoms with Gasteiger partial charge in [0.25, 0.3) is 0 Å². The van der Waals surface area contributed by atoms with Gasteiger partial charge in [0.1, 0.15) is 0 Å². The maximum absolute atomic E-state index is 12.3. The molecule has 0 heterocycles. The quantitative estimate of drug-likeness (QED) is 0.0973. The van der Waals surface area contributed by atoms with Gasteiger partial charge in [-0.05, 0) is 79.9 Å². The normalized spacial score (nSPS) is 21.8. The predicted octanol–water partition coefficient (Wildman–Crippen LogP) is 4.06. The van der Waals surface area contributed by atoms with Gasteiger partial charge in [-0.15, -0.1) is 0 Å². The number of nitrogens with zero attached hydrogens (tertiary/aromatic N) is 1. The summed E-state index contributed by atoms with van der Waals surface area (Å²) in [7, 11) is 0. The third kappa shape index (κ3) is 11.1. The number of aliphatic hydroxyl groups excluding tert-OH is 3. The van der Waals surface area contributed by atoms with E-state index in [1.54, 1.807) is 12.1 Å². The molecule has 6 N–H and O–H groups in total.